The third-order valence-electron chi connectivity index (χ3n) is 14.2. The zero-order valence-corrected chi connectivity index (χ0v) is 37.9. The van der Waals surface area contributed by atoms with Gasteiger partial charge in [-0.25, -0.2) is 0 Å². The monoisotopic (exact) mass is 834 g/mol. The van der Waals surface area contributed by atoms with Crippen LogP contribution in [0, 0.1) is 41.5 Å². The van der Waals surface area contributed by atoms with Crippen LogP contribution in [0.25, 0.3) is 43.8 Å². The van der Waals surface area contributed by atoms with Crippen molar-refractivity contribution >= 4 is 55.7 Å². The first kappa shape index (κ1) is 39.0. The van der Waals surface area contributed by atoms with E-state index in [1.807, 2.05) is 0 Å². The average molecular weight is 835 g/mol. The van der Waals surface area contributed by atoms with E-state index in [1.54, 1.807) is 0 Å². The molecule has 2 aliphatic carbocycles. The highest BCUT2D eigenvalue weighted by Crippen LogP contribution is 2.66. The molecule has 10 aromatic rings. The molecule has 2 heteroatoms. The molecule has 0 atom stereocenters. The van der Waals surface area contributed by atoms with E-state index in [-0.39, 0.29) is 0 Å². The molecule has 10 aromatic carbocycles. The Hall–Kier alpha value is -7.68. The highest BCUT2D eigenvalue weighted by atomic mass is 15.2. The molecule has 0 bridgehead atoms. The second-order valence-corrected chi connectivity index (χ2v) is 18.5. The van der Waals surface area contributed by atoms with Crippen LogP contribution >= 0.6 is 0 Å². The average Bonchev–Trinajstić information content (AvgIpc) is 3.77. The summed E-state index contributed by atoms with van der Waals surface area (Å²) in [6.45, 7) is 13.3. The van der Waals surface area contributed by atoms with E-state index in [2.05, 4.69) is 245 Å². The summed E-state index contributed by atoms with van der Waals surface area (Å²) >= 11 is 0. The van der Waals surface area contributed by atoms with Gasteiger partial charge in [0.25, 0.3) is 0 Å². The van der Waals surface area contributed by atoms with E-state index < -0.39 is 5.41 Å². The molecular formula is C63H50N2. The molecule has 1 spiro atoms. The molecular weight excluding hydrogens is 785 g/mol. The number of rotatable bonds is 6. The Labute approximate surface area is 382 Å². The first-order valence-corrected chi connectivity index (χ1v) is 22.9. The van der Waals surface area contributed by atoms with Gasteiger partial charge in [0.15, 0.2) is 0 Å². The molecule has 0 fully saturated rings. The Balaban J connectivity index is 1.19. The van der Waals surface area contributed by atoms with Gasteiger partial charge in [-0.3, -0.25) is 0 Å². The minimum atomic E-state index is -0.582. The highest BCUT2D eigenvalue weighted by Gasteiger charge is 2.53. The van der Waals surface area contributed by atoms with Crippen molar-refractivity contribution in [2.24, 2.45) is 0 Å². The Kier molecular flexibility index (Phi) is 8.80. The lowest BCUT2D eigenvalue weighted by Gasteiger charge is -2.34. The summed E-state index contributed by atoms with van der Waals surface area (Å²) in [5.41, 5.74) is 24.5. The van der Waals surface area contributed by atoms with Crippen molar-refractivity contribution in [3.63, 3.8) is 0 Å². The second-order valence-electron chi connectivity index (χ2n) is 18.5. The standard InChI is InChI=1S/C63H50N2/c1-39-31-40(2)34-47(33-39)64(58-25-15-7-17-43(58)5)46-28-30-49-45(37-46)27-29-54-61-53-22-10-9-21-52(53)60(65(59-26-16-8-18-44(59)6)48-35-41(3)32-42(4)36-48)38-57(61)63(62(49)54)55-23-13-11-19-50(55)51-20-12-14-24-56(51)63/h7-38H,1-6H3. The normalized spacial score (nSPS) is 12.9. The number of fused-ring (bicyclic) bond motifs is 14. The lowest BCUT2D eigenvalue weighted by atomic mass is 9.69. The summed E-state index contributed by atoms with van der Waals surface area (Å²) in [7, 11) is 0. The number of hydrogen-bond donors (Lipinski definition) is 0. The molecule has 312 valence electrons. The van der Waals surface area contributed by atoms with Gasteiger partial charge in [0.05, 0.1) is 11.1 Å². The van der Waals surface area contributed by atoms with Crippen LogP contribution < -0.4 is 9.80 Å². The van der Waals surface area contributed by atoms with Crippen LogP contribution in [0.5, 0.6) is 0 Å². The first-order chi connectivity index (χ1) is 31.7. The Morgan fingerprint density at radius 1 is 0.323 bits per heavy atom. The van der Waals surface area contributed by atoms with Crippen molar-refractivity contribution < 1.29 is 0 Å². The van der Waals surface area contributed by atoms with Crippen molar-refractivity contribution in [2.75, 3.05) is 9.80 Å². The summed E-state index contributed by atoms with van der Waals surface area (Å²) in [6.07, 6.45) is 0. The van der Waals surface area contributed by atoms with Crippen molar-refractivity contribution in [3.8, 4) is 22.3 Å². The molecule has 65 heavy (non-hydrogen) atoms. The van der Waals surface area contributed by atoms with Crippen LogP contribution in [-0.4, -0.2) is 0 Å². The van der Waals surface area contributed by atoms with Crippen LogP contribution in [0.2, 0.25) is 0 Å². The van der Waals surface area contributed by atoms with E-state index in [4.69, 9.17) is 0 Å². The van der Waals surface area contributed by atoms with E-state index in [1.165, 1.54) is 128 Å². The lowest BCUT2D eigenvalue weighted by molar-refractivity contribution is 0.802. The largest absolute Gasteiger partial charge is 0.310 e. The van der Waals surface area contributed by atoms with E-state index in [9.17, 15) is 0 Å². The predicted molar refractivity (Wildman–Crippen MR) is 276 cm³/mol. The summed E-state index contributed by atoms with van der Waals surface area (Å²) in [5, 5.41) is 4.99. The quantitative estimate of drug-likeness (QED) is 0.165. The van der Waals surface area contributed by atoms with Gasteiger partial charge in [-0.05, 0) is 190 Å². The summed E-state index contributed by atoms with van der Waals surface area (Å²) in [4.78, 5) is 4.97. The van der Waals surface area contributed by atoms with Crippen molar-refractivity contribution in [2.45, 2.75) is 47.0 Å². The molecule has 2 aliphatic rings. The third kappa shape index (κ3) is 5.80. The van der Waals surface area contributed by atoms with Crippen molar-refractivity contribution in [1.82, 2.24) is 0 Å². The number of aryl methyl sites for hydroxylation is 6. The van der Waals surface area contributed by atoms with Gasteiger partial charge in [-0.1, -0.05) is 140 Å². The van der Waals surface area contributed by atoms with E-state index in [0.29, 0.717) is 0 Å². The number of hydrogen-bond acceptors (Lipinski definition) is 2. The van der Waals surface area contributed by atoms with E-state index in [0.717, 1.165) is 5.69 Å². The molecule has 0 aliphatic heterocycles. The maximum absolute atomic E-state index is 2.57. The fraction of sp³-hybridized carbons (Fsp3) is 0.111. The molecule has 12 rings (SSSR count). The van der Waals surface area contributed by atoms with Crippen LogP contribution in [0.4, 0.5) is 34.1 Å². The molecule has 0 amide bonds. The maximum atomic E-state index is 2.57. The molecule has 0 heterocycles. The molecule has 0 saturated heterocycles. The zero-order chi connectivity index (χ0) is 44.1. The van der Waals surface area contributed by atoms with Crippen LogP contribution in [0.1, 0.15) is 55.6 Å². The minimum Gasteiger partial charge on any atom is -0.310 e. The van der Waals surface area contributed by atoms with Crippen LogP contribution in [-0.2, 0) is 5.41 Å². The molecule has 0 unspecified atom stereocenters. The van der Waals surface area contributed by atoms with Crippen LogP contribution in [0.3, 0.4) is 0 Å². The van der Waals surface area contributed by atoms with Crippen molar-refractivity contribution in [1.29, 1.82) is 0 Å². The maximum Gasteiger partial charge on any atom is 0.0732 e. The Morgan fingerprint density at radius 2 is 0.831 bits per heavy atom. The molecule has 2 nitrogen and oxygen atoms in total. The van der Waals surface area contributed by atoms with Gasteiger partial charge in [-0.2, -0.15) is 0 Å². The highest BCUT2D eigenvalue weighted by molar-refractivity contribution is 6.15. The van der Waals surface area contributed by atoms with E-state index >= 15 is 0 Å². The minimum absolute atomic E-state index is 0.582. The third-order valence-corrected chi connectivity index (χ3v) is 14.2. The van der Waals surface area contributed by atoms with Gasteiger partial charge in [-0.15, -0.1) is 0 Å². The summed E-state index contributed by atoms with van der Waals surface area (Å²) in [6, 6.07) is 73.5. The fourth-order valence-electron chi connectivity index (χ4n) is 11.7. The Morgan fingerprint density at radius 3 is 1.43 bits per heavy atom. The van der Waals surface area contributed by atoms with Gasteiger partial charge in [0.2, 0.25) is 0 Å². The number of anilines is 6. The van der Waals surface area contributed by atoms with Gasteiger partial charge < -0.3 is 9.80 Å². The number of benzene rings is 10. The number of nitrogens with zero attached hydrogens (tertiary/aromatic N) is 2. The second kappa shape index (κ2) is 14.7. The summed E-state index contributed by atoms with van der Waals surface area (Å²) < 4.78 is 0. The Bertz CT molecular complexity index is 3510. The molecule has 0 N–H and O–H groups in total. The van der Waals surface area contributed by atoms with Crippen molar-refractivity contribution in [3.05, 3.63) is 250 Å². The predicted octanol–water partition coefficient (Wildman–Crippen LogP) is 17.1. The molecule has 0 radical (unpaired) electrons. The smallest absolute Gasteiger partial charge is 0.0732 e. The topological polar surface area (TPSA) is 6.48 Å². The lowest BCUT2D eigenvalue weighted by Crippen LogP contribution is -2.26. The zero-order valence-electron chi connectivity index (χ0n) is 37.9. The SMILES string of the molecule is Cc1cc(C)cc(N(c2ccc3c4c(ccc3c2)-c2c(cc(N(c3cc(C)cc(C)c3)c3ccccc3C)c3ccccc23)C42c3ccccc3-c3ccccc32)c2ccccc2C)c1. The molecule has 0 saturated carbocycles. The fourth-order valence-corrected chi connectivity index (χ4v) is 11.7. The number of para-hydroxylation sites is 2. The first-order valence-electron chi connectivity index (χ1n) is 22.9. The molecule has 0 aromatic heterocycles. The summed E-state index contributed by atoms with van der Waals surface area (Å²) in [5.74, 6) is 0. The van der Waals surface area contributed by atoms with Gasteiger partial charge in [0.1, 0.15) is 0 Å². The van der Waals surface area contributed by atoms with Crippen LogP contribution in [0.15, 0.2) is 194 Å². The van der Waals surface area contributed by atoms with Gasteiger partial charge >= 0.3 is 0 Å². The van der Waals surface area contributed by atoms with Gasteiger partial charge in [0, 0.05) is 33.8 Å².